The molecule has 1 aromatic carbocycles. The summed E-state index contributed by atoms with van der Waals surface area (Å²) in [6, 6.07) is 5.31. The first-order valence-electron chi connectivity index (χ1n) is 7.34. The average molecular weight is 342 g/mol. The molecule has 8 heteroatoms. The summed E-state index contributed by atoms with van der Waals surface area (Å²) < 4.78 is 12.7. The van der Waals surface area contributed by atoms with E-state index in [1.807, 2.05) is 13.2 Å². The van der Waals surface area contributed by atoms with Gasteiger partial charge in [-0.2, -0.15) is 5.10 Å². The quantitative estimate of drug-likeness (QED) is 0.791. The molecule has 3 aromatic rings. The zero-order valence-electron chi connectivity index (χ0n) is 12.9. The topological polar surface area (TPSA) is 78.3 Å². The number of carbonyl (C=O) groups is 1. The van der Waals surface area contributed by atoms with Crippen LogP contribution in [-0.2, 0) is 7.05 Å². The summed E-state index contributed by atoms with van der Waals surface area (Å²) in [4.78, 5) is 16.7. The van der Waals surface area contributed by atoms with Gasteiger partial charge in [0.1, 0.15) is 23.9 Å². The summed E-state index contributed by atoms with van der Waals surface area (Å²) in [5, 5.41) is 9.43. The Morgan fingerprint density at radius 1 is 1.29 bits per heavy atom. The molecule has 122 valence electrons. The van der Waals surface area contributed by atoms with Gasteiger partial charge in [-0.3, -0.25) is 9.48 Å². The van der Waals surface area contributed by atoms with Crippen molar-refractivity contribution < 1.29 is 14.3 Å². The van der Waals surface area contributed by atoms with Crippen molar-refractivity contribution in [3.8, 4) is 22.1 Å². The number of amides is 1. The van der Waals surface area contributed by atoms with E-state index < -0.39 is 0 Å². The van der Waals surface area contributed by atoms with Crippen LogP contribution in [0.5, 0.6) is 11.5 Å². The number of carbonyl (C=O) groups excluding carboxylic acids is 1. The molecule has 0 atom stereocenters. The number of anilines is 1. The van der Waals surface area contributed by atoms with Gasteiger partial charge < -0.3 is 14.8 Å². The fraction of sp³-hybridized carbons (Fsp3) is 0.188. The largest absolute Gasteiger partial charge is 0.486 e. The molecule has 0 unspecified atom stereocenters. The standard InChI is InChI=1S/C16H14N4O3S/c1-20-8-10(7-17-20)16-19-12(9-24-16)15(21)18-11-2-3-13-14(6-11)23-5-4-22-13/h2-3,6-9H,4-5H2,1H3,(H,18,21). The van der Waals surface area contributed by atoms with Crippen molar-refractivity contribution >= 4 is 22.9 Å². The second-order valence-electron chi connectivity index (χ2n) is 5.25. The number of nitrogens with one attached hydrogen (secondary N) is 1. The summed E-state index contributed by atoms with van der Waals surface area (Å²) in [7, 11) is 1.84. The molecular formula is C16H14N4O3S. The summed E-state index contributed by atoms with van der Waals surface area (Å²) in [5.41, 5.74) is 1.90. The number of rotatable bonds is 3. The van der Waals surface area contributed by atoms with Gasteiger partial charge in [0.15, 0.2) is 11.5 Å². The highest BCUT2D eigenvalue weighted by atomic mass is 32.1. The third-order valence-corrected chi connectivity index (χ3v) is 4.38. The number of aromatic nitrogens is 3. The van der Waals surface area contributed by atoms with E-state index >= 15 is 0 Å². The van der Waals surface area contributed by atoms with Crippen LogP contribution in [-0.4, -0.2) is 33.9 Å². The SMILES string of the molecule is Cn1cc(-c2nc(C(=O)Nc3ccc4c(c3)OCCO4)cs2)cn1. The molecule has 1 amide bonds. The highest BCUT2D eigenvalue weighted by molar-refractivity contribution is 7.13. The first-order valence-corrected chi connectivity index (χ1v) is 8.22. The number of aryl methyl sites for hydroxylation is 1. The van der Waals surface area contributed by atoms with Gasteiger partial charge in [0.2, 0.25) is 0 Å². The predicted octanol–water partition coefficient (Wildman–Crippen LogP) is 2.57. The molecule has 1 aliphatic rings. The van der Waals surface area contributed by atoms with Crippen LogP contribution in [0.2, 0.25) is 0 Å². The van der Waals surface area contributed by atoms with Crippen molar-refractivity contribution in [1.82, 2.24) is 14.8 Å². The number of benzene rings is 1. The van der Waals surface area contributed by atoms with Gasteiger partial charge in [-0.25, -0.2) is 4.98 Å². The predicted molar refractivity (Wildman–Crippen MR) is 89.7 cm³/mol. The van der Waals surface area contributed by atoms with Crippen molar-refractivity contribution in [2.45, 2.75) is 0 Å². The molecule has 0 fully saturated rings. The normalized spacial score (nSPS) is 12.9. The molecule has 1 N–H and O–H groups in total. The Morgan fingerprint density at radius 2 is 2.12 bits per heavy atom. The molecule has 0 saturated carbocycles. The van der Waals surface area contributed by atoms with Gasteiger partial charge in [0.05, 0.1) is 6.20 Å². The Hall–Kier alpha value is -2.87. The van der Waals surface area contributed by atoms with Crippen LogP contribution in [0.3, 0.4) is 0 Å². The highest BCUT2D eigenvalue weighted by Crippen LogP contribution is 2.32. The molecule has 0 bridgehead atoms. The van der Waals surface area contributed by atoms with Crippen LogP contribution >= 0.6 is 11.3 Å². The van der Waals surface area contributed by atoms with E-state index in [2.05, 4.69) is 15.4 Å². The van der Waals surface area contributed by atoms with E-state index in [0.717, 1.165) is 10.6 Å². The van der Waals surface area contributed by atoms with Gasteiger partial charge in [-0.15, -0.1) is 11.3 Å². The molecule has 7 nitrogen and oxygen atoms in total. The van der Waals surface area contributed by atoms with Crippen molar-refractivity contribution in [2.75, 3.05) is 18.5 Å². The zero-order valence-corrected chi connectivity index (χ0v) is 13.7. The first-order chi connectivity index (χ1) is 11.7. The van der Waals surface area contributed by atoms with Crippen LogP contribution in [0.1, 0.15) is 10.5 Å². The third kappa shape index (κ3) is 2.83. The Morgan fingerprint density at radius 3 is 2.92 bits per heavy atom. The molecular weight excluding hydrogens is 328 g/mol. The van der Waals surface area contributed by atoms with E-state index in [1.165, 1.54) is 11.3 Å². The van der Waals surface area contributed by atoms with E-state index in [1.54, 1.807) is 34.5 Å². The molecule has 4 rings (SSSR count). The number of thiazole rings is 1. The smallest absolute Gasteiger partial charge is 0.275 e. The lowest BCUT2D eigenvalue weighted by atomic mass is 10.2. The van der Waals surface area contributed by atoms with Gasteiger partial charge >= 0.3 is 0 Å². The first kappa shape index (κ1) is 14.7. The number of nitrogens with zero attached hydrogens (tertiary/aromatic N) is 3. The molecule has 0 aliphatic carbocycles. The van der Waals surface area contributed by atoms with Crippen LogP contribution in [0.25, 0.3) is 10.6 Å². The third-order valence-electron chi connectivity index (χ3n) is 3.49. The fourth-order valence-corrected chi connectivity index (χ4v) is 3.13. The highest BCUT2D eigenvalue weighted by Gasteiger charge is 2.16. The fourth-order valence-electron chi connectivity index (χ4n) is 2.36. The summed E-state index contributed by atoms with van der Waals surface area (Å²) in [6.45, 7) is 1.04. The molecule has 1 aliphatic heterocycles. The molecule has 0 radical (unpaired) electrons. The van der Waals surface area contributed by atoms with Crippen LogP contribution < -0.4 is 14.8 Å². The second kappa shape index (κ2) is 5.97. The maximum Gasteiger partial charge on any atom is 0.275 e. The lowest BCUT2D eigenvalue weighted by Gasteiger charge is -2.18. The number of fused-ring (bicyclic) bond motifs is 1. The summed E-state index contributed by atoms with van der Waals surface area (Å²) in [5.74, 6) is 1.05. The molecule has 2 aromatic heterocycles. The molecule has 0 saturated heterocycles. The molecule has 24 heavy (non-hydrogen) atoms. The monoisotopic (exact) mass is 342 g/mol. The van der Waals surface area contributed by atoms with Crippen molar-refractivity contribution in [3.63, 3.8) is 0 Å². The Balaban J connectivity index is 1.51. The molecule has 3 heterocycles. The Kier molecular flexibility index (Phi) is 3.66. The van der Waals surface area contributed by atoms with Crippen molar-refractivity contribution in [2.24, 2.45) is 7.05 Å². The Bertz CT molecular complexity index is 902. The minimum absolute atomic E-state index is 0.266. The van der Waals surface area contributed by atoms with Crippen molar-refractivity contribution in [1.29, 1.82) is 0 Å². The maximum atomic E-state index is 12.4. The van der Waals surface area contributed by atoms with Crippen molar-refractivity contribution in [3.05, 3.63) is 41.7 Å². The van der Waals surface area contributed by atoms with E-state index in [-0.39, 0.29) is 5.91 Å². The number of hydrogen-bond acceptors (Lipinski definition) is 6. The van der Waals surface area contributed by atoms with E-state index in [9.17, 15) is 4.79 Å². The minimum atomic E-state index is -0.266. The van der Waals surface area contributed by atoms with Crippen LogP contribution in [0, 0.1) is 0 Å². The Labute approximate surface area is 141 Å². The van der Waals surface area contributed by atoms with E-state index in [4.69, 9.17) is 9.47 Å². The van der Waals surface area contributed by atoms with Gasteiger partial charge in [0.25, 0.3) is 5.91 Å². The summed E-state index contributed by atoms with van der Waals surface area (Å²) >= 11 is 1.41. The average Bonchev–Trinajstić information content (AvgIpc) is 3.23. The lowest BCUT2D eigenvalue weighted by Crippen LogP contribution is -2.16. The molecule has 0 spiro atoms. The number of ether oxygens (including phenoxy) is 2. The van der Waals surface area contributed by atoms with Gasteiger partial charge in [0, 0.05) is 35.9 Å². The van der Waals surface area contributed by atoms with Crippen LogP contribution in [0.4, 0.5) is 5.69 Å². The zero-order chi connectivity index (χ0) is 16.5. The van der Waals surface area contributed by atoms with Crippen LogP contribution in [0.15, 0.2) is 36.0 Å². The summed E-state index contributed by atoms with van der Waals surface area (Å²) in [6.07, 6.45) is 3.59. The van der Waals surface area contributed by atoms with Gasteiger partial charge in [-0.1, -0.05) is 0 Å². The van der Waals surface area contributed by atoms with E-state index in [0.29, 0.717) is 36.1 Å². The second-order valence-corrected chi connectivity index (χ2v) is 6.11. The maximum absolute atomic E-state index is 12.4. The minimum Gasteiger partial charge on any atom is -0.486 e. The van der Waals surface area contributed by atoms with Gasteiger partial charge in [-0.05, 0) is 12.1 Å². The lowest BCUT2D eigenvalue weighted by molar-refractivity contribution is 0.102. The number of hydrogen-bond donors (Lipinski definition) is 1.